The number of hydrogen-bond acceptors (Lipinski definition) is 5. The standard InChI is InChI=1S/C17H13N5O3/c1-11(23)21(10-16(24)25)14-4-2-3-12(7-14)15-5-6-19-17-13(8-18)9-20-22(15)17/h2-7,9H,10H2,1H3,(H,24,25). The third kappa shape index (κ3) is 3.03. The van der Waals surface area contributed by atoms with E-state index in [2.05, 4.69) is 10.1 Å². The summed E-state index contributed by atoms with van der Waals surface area (Å²) in [6, 6.07) is 10.7. The number of amides is 1. The van der Waals surface area contributed by atoms with Crippen LogP contribution in [0.3, 0.4) is 0 Å². The van der Waals surface area contributed by atoms with Crippen LogP contribution in [0.2, 0.25) is 0 Å². The molecule has 3 aromatic rings. The third-order valence-corrected chi connectivity index (χ3v) is 3.65. The monoisotopic (exact) mass is 335 g/mol. The van der Waals surface area contributed by atoms with Crippen molar-refractivity contribution in [2.45, 2.75) is 6.92 Å². The quantitative estimate of drug-likeness (QED) is 0.777. The van der Waals surface area contributed by atoms with Crippen molar-refractivity contribution in [2.24, 2.45) is 0 Å². The molecule has 124 valence electrons. The molecule has 0 bridgehead atoms. The summed E-state index contributed by atoms with van der Waals surface area (Å²) < 4.78 is 1.53. The molecule has 0 aliphatic rings. The topological polar surface area (TPSA) is 112 Å². The summed E-state index contributed by atoms with van der Waals surface area (Å²) in [7, 11) is 0. The summed E-state index contributed by atoms with van der Waals surface area (Å²) in [5.74, 6) is -1.47. The SMILES string of the molecule is CC(=O)N(CC(=O)O)c1cccc(-c2ccnc3c(C#N)cnn23)c1. The minimum Gasteiger partial charge on any atom is -0.480 e. The van der Waals surface area contributed by atoms with Crippen molar-refractivity contribution in [2.75, 3.05) is 11.4 Å². The molecule has 0 aliphatic carbocycles. The lowest BCUT2D eigenvalue weighted by atomic mass is 10.1. The van der Waals surface area contributed by atoms with Gasteiger partial charge in [-0.1, -0.05) is 12.1 Å². The van der Waals surface area contributed by atoms with Crippen LogP contribution >= 0.6 is 0 Å². The van der Waals surface area contributed by atoms with Crippen LogP contribution in [-0.4, -0.2) is 38.1 Å². The summed E-state index contributed by atoms with van der Waals surface area (Å²) >= 11 is 0. The van der Waals surface area contributed by atoms with Gasteiger partial charge in [-0.25, -0.2) is 9.50 Å². The number of rotatable bonds is 4. The van der Waals surface area contributed by atoms with Gasteiger partial charge in [0.15, 0.2) is 5.65 Å². The number of anilines is 1. The molecule has 0 radical (unpaired) electrons. The molecule has 3 rings (SSSR count). The lowest BCUT2D eigenvalue weighted by molar-refractivity contribution is -0.136. The minimum absolute atomic E-state index is 0.356. The molecule has 0 atom stereocenters. The predicted molar refractivity (Wildman–Crippen MR) is 88.8 cm³/mol. The van der Waals surface area contributed by atoms with Gasteiger partial charge in [-0.05, 0) is 18.2 Å². The van der Waals surface area contributed by atoms with Crippen LogP contribution in [0.15, 0.2) is 42.7 Å². The van der Waals surface area contributed by atoms with Crippen molar-refractivity contribution in [3.05, 3.63) is 48.3 Å². The van der Waals surface area contributed by atoms with Crippen molar-refractivity contribution in [1.82, 2.24) is 14.6 Å². The number of hydrogen-bond donors (Lipinski definition) is 1. The Morgan fingerprint density at radius 2 is 2.16 bits per heavy atom. The molecule has 0 unspecified atom stereocenters. The molecular weight excluding hydrogens is 322 g/mol. The van der Waals surface area contributed by atoms with Gasteiger partial charge in [0, 0.05) is 24.4 Å². The van der Waals surface area contributed by atoms with Crippen molar-refractivity contribution in [3.63, 3.8) is 0 Å². The average Bonchev–Trinajstić information content (AvgIpc) is 3.02. The van der Waals surface area contributed by atoms with Crippen molar-refractivity contribution in [3.8, 4) is 17.3 Å². The Kier molecular flexibility index (Phi) is 4.14. The zero-order valence-corrected chi connectivity index (χ0v) is 13.2. The van der Waals surface area contributed by atoms with Crippen molar-refractivity contribution >= 4 is 23.2 Å². The maximum Gasteiger partial charge on any atom is 0.323 e. The van der Waals surface area contributed by atoms with Crippen LogP contribution in [0, 0.1) is 11.3 Å². The summed E-state index contributed by atoms with van der Waals surface area (Å²) in [5, 5.41) is 22.3. The van der Waals surface area contributed by atoms with E-state index < -0.39 is 12.5 Å². The first-order chi connectivity index (χ1) is 12.0. The maximum absolute atomic E-state index is 11.8. The van der Waals surface area contributed by atoms with Gasteiger partial charge in [0.1, 0.15) is 18.2 Å². The highest BCUT2D eigenvalue weighted by Gasteiger charge is 2.16. The molecule has 8 heteroatoms. The van der Waals surface area contributed by atoms with Gasteiger partial charge in [0.05, 0.1) is 11.9 Å². The largest absolute Gasteiger partial charge is 0.480 e. The smallest absolute Gasteiger partial charge is 0.323 e. The first kappa shape index (κ1) is 16.1. The molecule has 1 amide bonds. The molecular formula is C17H13N5O3. The summed E-state index contributed by atoms with van der Waals surface area (Å²) in [6.45, 7) is 0.887. The molecule has 1 N–H and O–H groups in total. The highest BCUT2D eigenvalue weighted by molar-refractivity contribution is 5.96. The Balaban J connectivity index is 2.11. The van der Waals surface area contributed by atoms with Gasteiger partial charge in [-0.15, -0.1) is 0 Å². The third-order valence-electron chi connectivity index (χ3n) is 3.65. The zero-order chi connectivity index (χ0) is 18.0. The molecule has 25 heavy (non-hydrogen) atoms. The number of benzene rings is 1. The minimum atomic E-state index is -1.10. The van der Waals surface area contributed by atoms with Crippen LogP contribution in [0.5, 0.6) is 0 Å². The first-order valence-electron chi connectivity index (χ1n) is 7.34. The summed E-state index contributed by atoms with van der Waals surface area (Å²) in [5.41, 5.74) is 2.64. The fourth-order valence-corrected chi connectivity index (χ4v) is 2.54. The number of fused-ring (bicyclic) bond motifs is 1. The number of aliphatic carboxylic acids is 1. The van der Waals surface area contributed by atoms with E-state index in [0.29, 0.717) is 28.2 Å². The fourth-order valence-electron chi connectivity index (χ4n) is 2.54. The van der Waals surface area contributed by atoms with Crippen LogP contribution < -0.4 is 4.90 Å². The summed E-state index contributed by atoms with van der Waals surface area (Å²) in [6.07, 6.45) is 3.00. The number of carbonyl (C=O) groups is 2. The van der Waals surface area contributed by atoms with Gasteiger partial charge >= 0.3 is 5.97 Å². The van der Waals surface area contributed by atoms with E-state index in [1.165, 1.54) is 22.5 Å². The Morgan fingerprint density at radius 3 is 2.84 bits per heavy atom. The van der Waals surface area contributed by atoms with E-state index in [1.807, 2.05) is 12.1 Å². The lowest BCUT2D eigenvalue weighted by Crippen LogP contribution is -2.33. The number of carboxylic acids is 1. The fraction of sp³-hybridized carbons (Fsp3) is 0.118. The van der Waals surface area contributed by atoms with E-state index in [1.54, 1.807) is 30.5 Å². The van der Waals surface area contributed by atoms with Crippen LogP contribution in [0.1, 0.15) is 12.5 Å². The Bertz CT molecular complexity index is 1020. The second kappa shape index (κ2) is 6.41. The Hall–Kier alpha value is -3.73. The first-order valence-corrected chi connectivity index (χ1v) is 7.34. The molecule has 0 spiro atoms. The molecule has 2 aromatic heterocycles. The van der Waals surface area contributed by atoms with Gasteiger partial charge in [0.2, 0.25) is 5.91 Å². The van der Waals surface area contributed by atoms with Crippen LogP contribution in [-0.2, 0) is 9.59 Å². The van der Waals surface area contributed by atoms with E-state index in [9.17, 15) is 9.59 Å². The molecule has 0 saturated heterocycles. The summed E-state index contributed by atoms with van der Waals surface area (Å²) in [4.78, 5) is 28.1. The molecule has 0 saturated carbocycles. The molecule has 1 aromatic carbocycles. The van der Waals surface area contributed by atoms with Gasteiger partial charge in [-0.2, -0.15) is 10.4 Å². The van der Waals surface area contributed by atoms with E-state index in [4.69, 9.17) is 10.4 Å². The molecule has 8 nitrogen and oxygen atoms in total. The second-order valence-electron chi connectivity index (χ2n) is 5.28. The van der Waals surface area contributed by atoms with E-state index in [0.717, 1.165) is 0 Å². The van der Waals surface area contributed by atoms with E-state index >= 15 is 0 Å². The Labute approximate surface area is 142 Å². The van der Waals surface area contributed by atoms with Gasteiger partial charge in [0.25, 0.3) is 0 Å². The number of carbonyl (C=O) groups excluding carboxylic acids is 1. The zero-order valence-electron chi connectivity index (χ0n) is 13.2. The molecule has 0 aliphatic heterocycles. The molecule has 0 fully saturated rings. The number of aromatic nitrogens is 3. The number of nitrogens with zero attached hydrogens (tertiary/aromatic N) is 5. The highest BCUT2D eigenvalue weighted by Crippen LogP contribution is 2.25. The predicted octanol–water partition coefficient (Wildman–Crippen LogP) is 1.71. The lowest BCUT2D eigenvalue weighted by Gasteiger charge is -2.19. The van der Waals surface area contributed by atoms with Crippen molar-refractivity contribution in [1.29, 1.82) is 5.26 Å². The Morgan fingerprint density at radius 1 is 1.36 bits per heavy atom. The maximum atomic E-state index is 11.8. The number of nitriles is 1. The van der Waals surface area contributed by atoms with Gasteiger partial charge < -0.3 is 10.0 Å². The van der Waals surface area contributed by atoms with E-state index in [-0.39, 0.29) is 5.91 Å². The van der Waals surface area contributed by atoms with Crippen LogP contribution in [0.4, 0.5) is 5.69 Å². The average molecular weight is 335 g/mol. The van der Waals surface area contributed by atoms with Gasteiger partial charge in [-0.3, -0.25) is 9.59 Å². The van der Waals surface area contributed by atoms with Crippen LogP contribution in [0.25, 0.3) is 16.9 Å². The second-order valence-corrected chi connectivity index (χ2v) is 5.28. The molecule has 2 heterocycles. The number of carboxylic acid groups (broad SMARTS) is 1. The highest BCUT2D eigenvalue weighted by atomic mass is 16.4. The normalized spacial score (nSPS) is 10.4. The van der Waals surface area contributed by atoms with Crippen molar-refractivity contribution < 1.29 is 14.7 Å².